The molecule has 0 radical (unpaired) electrons. The van der Waals surface area contributed by atoms with Gasteiger partial charge in [0.15, 0.2) is 0 Å². The van der Waals surface area contributed by atoms with Gasteiger partial charge in [-0.2, -0.15) is 0 Å². The summed E-state index contributed by atoms with van der Waals surface area (Å²) in [5.41, 5.74) is 1.01. The van der Waals surface area contributed by atoms with Gasteiger partial charge in [-0.25, -0.2) is 0 Å². The zero-order chi connectivity index (χ0) is 14.4. The maximum atomic E-state index is 10.4. The molecule has 0 aliphatic carbocycles. The highest BCUT2D eigenvalue weighted by Gasteiger charge is 2.20. The molecule has 3 heteroatoms. The minimum Gasteiger partial charge on any atom is -0.388 e. The third kappa shape index (κ3) is 4.58. The quantitative estimate of drug-likeness (QED) is 0.868. The molecule has 3 atom stereocenters. The number of ether oxygens (including phenoxy) is 1. The second-order valence-corrected chi connectivity index (χ2v) is 6.14. The summed E-state index contributed by atoms with van der Waals surface area (Å²) in [5, 5.41) is 10.4. The topological polar surface area (TPSA) is 32.7 Å². The highest BCUT2D eigenvalue weighted by Crippen LogP contribution is 2.23. The Bertz CT molecular complexity index is 376. The molecule has 1 heterocycles. The lowest BCUT2D eigenvalue weighted by Gasteiger charge is -2.30. The summed E-state index contributed by atoms with van der Waals surface area (Å²) >= 11 is 0. The lowest BCUT2D eigenvalue weighted by atomic mass is 9.96. The Hall–Kier alpha value is -0.900. The summed E-state index contributed by atoms with van der Waals surface area (Å²) in [6.07, 6.45) is 2.06. The van der Waals surface area contributed by atoms with Crippen LogP contribution in [-0.4, -0.2) is 43.4 Å². The molecule has 0 bridgehead atoms. The zero-order valence-electron chi connectivity index (χ0n) is 12.7. The number of hydrogen-bond acceptors (Lipinski definition) is 3. The van der Waals surface area contributed by atoms with Crippen LogP contribution in [0.1, 0.15) is 31.4 Å². The van der Waals surface area contributed by atoms with Crippen molar-refractivity contribution in [2.45, 2.75) is 25.9 Å². The van der Waals surface area contributed by atoms with E-state index in [0.717, 1.165) is 31.9 Å². The Balaban J connectivity index is 1.79. The van der Waals surface area contributed by atoms with E-state index in [9.17, 15) is 5.11 Å². The van der Waals surface area contributed by atoms with Gasteiger partial charge in [-0.05, 0) is 37.3 Å². The number of aliphatic hydroxyl groups is 1. The van der Waals surface area contributed by atoms with Crippen molar-refractivity contribution in [1.82, 2.24) is 4.90 Å². The van der Waals surface area contributed by atoms with E-state index in [4.69, 9.17) is 4.74 Å². The molecule has 2 rings (SSSR count). The van der Waals surface area contributed by atoms with Gasteiger partial charge in [-0.3, -0.25) is 0 Å². The lowest BCUT2D eigenvalue weighted by molar-refractivity contribution is 0.0341. The first-order valence-electron chi connectivity index (χ1n) is 7.66. The Morgan fingerprint density at radius 1 is 1.35 bits per heavy atom. The van der Waals surface area contributed by atoms with E-state index in [0.29, 0.717) is 5.92 Å². The van der Waals surface area contributed by atoms with Crippen LogP contribution in [0.15, 0.2) is 30.3 Å². The van der Waals surface area contributed by atoms with Crippen molar-refractivity contribution in [2.75, 3.05) is 33.4 Å². The van der Waals surface area contributed by atoms with Crippen molar-refractivity contribution >= 4 is 0 Å². The summed E-state index contributed by atoms with van der Waals surface area (Å²) < 4.78 is 5.53. The van der Waals surface area contributed by atoms with E-state index >= 15 is 0 Å². The fraction of sp³-hybridized carbons (Fsp3) is 0.647. The van der Waals surface area contributed by atoms with Gasteiger partial charge in [-0.15, -0.1) is 0 Å². The van der Waals surface area contributed by atoms with Crippen LogP contribution >= 0.6 is 0 Å². The minimum atomic E-state index is -0.388. The number of hydrogen-bond donors (Lipinski definition) is 1. The average molecular weight is 277 g/mol. The van der Waals surface area contributed by atoms with E-state index in [1.807, 2.05) is 30.3 Å². The molecule has 1 fully saturated rings. The summed E-state index contributed by atoms with van der Waals surface area (Å²) in [6.45, 7) is 5.90. The van der Waals surface area contributed by atoms with Crippen molar-refractivity contribution in [2.24, 2.45) is 11.8 Å². The monoisotopic (exact) mass is 277 g/mol. The third-order valence-electron chi connectivity index (χ3n) is 4.10. The van der Waals surface area contributed by atoms with Crippen molar-refractivity contribution < 1.29 is 9.84 Å². The van der Waals surface area contributed by atoms with E-state index in [1.165, 1.54) is 12.8 Å². The summed E-state index contributed by atoms with van der Waals surface area (Å²) in [7, 11) is 2.14. The van der Waals surface area contributed by atoms with Gasteiger partial charge < -0.3 is 14.7 Å². The third-order valence-corrected chi connectivity index (χ3v) is 4.10. The molecule has 3 nitrogen and oxygen atoms in total. The standard InChI is InChI=1S/C17H27NO2/c1-14(17(19)16-8-4-3-5-9-16)11-18(2)12-15-7-6-10-20-13-15/h3-5,8-9,14-15,17,19H,6-7,10-13H2,1-2H3. The smallest absolute Gasteiger partial charge is 0.0827 e. The molecule has 0 amide bonds. The molecule has 1 aromatic rings. The van der Waals surface area contributed by atoms with Gasteiger partial charge in [0.05, 0.1) is 12.7 Å². The first kappa shape index (κ1) is 15.5. The van der Waals surface area contributed by atoms with Crippen molar-refractivity contribution in [1.29, 1.82) is 0 Å². The van der Waals surface area contributed by atoms with E-state index in [2.05, 4.69) is 18.9 Å². The molecule has 112 valence electrons. The average Bonchev–Trinajstić information content (AvgIpc) is 2.48. The summed E-state index contributed by atoms with van der Waals surface area (Å²) in [6, 6.07) is 9.94. The van der Waals surface area contributed by atoms with Gasteiger partial charge in [0.2, 0.25) is 0 Å². The van der Waals surface area contributed by atoms with Gasteiger partial charge >= 0.3 is 0 Å². The molecule has 1 aromatic carbocycles. The van der Waals surface area contributed by atoms with Crippen LogP contribution in [0.5, 0.6) is 0 Å². The fourth-order valence-electron chi connectivity index (χ4n) is 3.04. The molecule has 0 aromatic heterocycles. The second kappa shape index (κ2) is 7.77. The highest BCUT2D eigenvalue weighted by atomic mass is 16.5. The Morgan fingerprint density at radius 2 is 2.10 bits per heavy atom. The maximum absolute atomic E-state index is 10.4. The number of nitrogens with zero attached hydrogens (tertiary/aromatic N) is 1. The fourth-order valence-corrected chi connectivity index (χ4v) is 3.04. The predicted octanol–water partition coefficient (Wildman–Crippen LogP) is 2.71. The van der Waals surface area contributed by atoms with Crippen LogP contribution in [0.25, 0.3) is 0 Å². The summed E-state index contributed by atoms with van der Waals surface area (Å²) in [5.74, 6) is 0.877. The molecule has 3 unspecified atom stereocenters. The number of benzene rings is 1. The maximum Gasteiger partial charge on any atom is 0.0827 e. The Kier molecular flexibility index (Phi) is 6.02. The second-order valence-electron chi connectivity index (χ2n) is 6.14. The molecule has 1 saturated heterocycles. The number of aliphatic hydroxyl groups excluding tert-OH is 1. The van der Waals surface area contributed by atoms with E-state index < -0.39 is 0 Å². The van der Waals surface area contributed by atoms with Gasteiger partial charge in [0.1, 0.15) is 0 Å². The van der Waals surface area contributed by atoms with Crippen LogP contribution < -0.4 is 0 Å². The van der Waals surface area contributed by atoms with Crippen LogP contribution in [0.2, 0.25) is 0 Å². The largest absolute Gasteiger partial charge is 0.388 e. The van der Waals surface area contributed by atoms with Gasteiger partial charge in [-0.1, -0.05) is 37.3 Å². The zero-order valence-corrected chi connectivity index (χ0v) is 12.7. The SMILES string of the molecule is CC(CN(C)CC1CCCOC1)C(O)c1ccccc1. The first-order chi connectivity index (χ1) is 9.66. The van der Waals surface area contributed by atoms with E-state index in [-0.39, 0.29) is 12.0 Å². The van der Waals surface area contributed by atoms with Crippen molar-refractivity contribution in [3.05, 3.63) is 35.9 Å². The Morgan fingerprint density at radius 3 is 2.75 bits per heavy atom. The molecular weight excluding hydrogens is 250 g/mol. The van der Waals surface area contributed by atoms with Crippen molar-refractivity contribution in [3.63, 3.8) is 0 Å². The number of rotatable bonds is 6. The van der Waals surface area contributed by atoms with Gasteiger partial charge in [0, 0.05) is 19.7 Å². The van der Waals surface area contributed by atoms with Crippen LogP contribution in [-0.2, 0) is 4.74 Å². The van der Waals surface area contributed by atoms with Crippen LogP contribution in [0, 0.1) is 11.8 Å². The Labute approximate surface area is 122 Å². The molecule has 0 spiro atoms. The molecule has 0 saturated carbocycles. The molecule has 1 aliphatic heterocycles. The van der Waals surface area contributed by atoms with Gasteiger partial charge in [0.25, 0.3) is 0 Å². The van der Waals surface area contributed by atoms with Crippen LogP contribution in [0.4, 0.5) is 0 Å². The molecule has 1 aliphatic rings. The molecule has 1 N–H and O–H groups in total. The van der Waals surface area contributed by atoms with E-state index in [1.54, 1.807) is 0 Å². The van der Waals surface area contributed by atoms with Crippen molar-refractivity contribution in [3.8, 4) is 0 Å². The lowest BCUT2D eigenvalue weighted by Crippen LogP contribution is -2.34. The minimum absolute atomic E-state index is 0.229. The normalized spacial score (nSPS) is 22.7. The molecule has 20 heavy (non-hydrogen) atoms. The predicted molar refractivity (Wildman–Crippen MR) is 81.6 cm³/mol. The first-order valence-corrected chi connectivity index (χ1v) is 7.66. The summed E-state index contributed by atoms with van der Waals surface area (Å²) in [4.78, 5) is 2.33. The van der Waals surface area contributed by atoms with Crippen LogP contribution in [0.3, 0.4) is 0 Å². The highest BCUT2D eigenvalue weighted by molar-refractivity contribution is 5.17. The molecular formula is C17H27NO2.